The number of hydrogen-bond acceptors (Lipinski definition) is 3. The summed E-state index contributed by atoms with van der Waals surface area (Å²) >= 11 is 0. The predicted molar refractivity (Wildman–Crippen MR) is 79.4 cm³/mol. The molecule has 0 saturated carbocycles. The van der Waals surface area contributed by atoms with Gasteiger partial charge in [0.1, 0.15) is 5.75 Å². The molecule has 4 nitrogen and oxygen atoms in total. The van der Waals surface area contributed by atoms with Crippen LogP contribution in [0, 0.1) is 0 Å². The highest BCUT2D eigenvalue weighted by Crippen LogP contribution is 2.12. The molecule has 0 aliphatic rings. The summed E-state index contributed by atoms with van der Waals surface area (Å²) < 4.78 is 5.09. The van der Waals surface area contributed by atoms with Crippen molar-refractivity contribution in [3.63, 3.8) is 0 Å². The minimum atomic E-state index is -0.0429. The average Bonchev–Trinajstić information content (AvgIpc) is 2.48. The van der Waals surface area contributed by atoms with Crippen LogP contribution in [0.2, 0.25) is 0 Å². The molecule has 0 heterocycles. The summed E-state index contributed by atoms with van der Waals surface area (Å²) in [7, 11) is 1.63. The molecule has 0 saturated heterocycles. The Morgan fingerprint density at radius 1 is 1.15 bits per heavy atom. The fraction of sp³-hybridized carbons (Fsp3) is 0.188. The molecule has 0 aliphatic carbocycles. The number of amides is 1. The van der Waals surface area contributed by atoms with Gasteiger partial charge in [0.15, 0.2) is 0 Å². The van der Waals surface area contributed by atoms with Gasteiger partial charge in [0, 0.05) is 12.2 Å². The van der Waals surface area contributed by atoms with Gasteiger partial charge in [-0.05, 0) is 29.3 Å². The molecule has 0 fully saturated rings. The summed E-state index contributed by atoms with van der Waals surface area (Å²) in [4.78, 5) is 11.9. The summed E-state index contributed by atoms with van der Waals surface area (Å²) in [5.41, 5.74) is 8.33. The first-order valence-corrected chi connectivity index (χ1v) is 6.42. The summed E-state index contributed by atoms with van der Waals surface area (Å²) in [6, 6.07) is 15.0. The molecule has 0 spiro atoms. The number of para-hydroxylation sites is 1. The molecule has 0 aliphatic heterocycles. The predicted octanol–water partition coefficient (Wildman–Crippen LogP) is 2.14. The SMILES string of the molecule is COc1ccc(CNC(=O)Cc2ccccc2N)cc1. The summed E-state index contributed by atoms with van der Waals surface area (Å²) in [5, 5.41) is 2.88. The van der Waals surface area contributed by atoms with E-state index in [-0.39, 0.29) is 5.91 Å². The van der Waals surface area contributed by atoms with Crippen molar-refractivity contribution in [2.24, 2.45) is 0 Å². The Kier molecular flexibility index (Phi) is 4.60. The van der Waals surface area contributed by atoms with Crippen LogP contribution in [0.5, 0.6) is 5.75 Å². The number of carbonyl (C=O) groups excluding carboxylic acids is 1. The van der Waals surface area contributed by atoms with Crippen LogP contribution < -0.4 is 15.8 Å². The van der Waals surface area contributed by atoms with Gasteiger partial charge in [0.25, 0.3) is 0 Å². The van der Waals surface area contributed by atoms with Gasteiger partial charge in [-0.25, -0.2) is 0 Å². The topological polar surface area (TPSA) is 64.3 Å². The number of hydrogen-bond donors (Lipinski definition) is 2. The number of methoxy groups -OCH3 is 1. The molecule has 4 heteroatoms. The molecule has 0 radical (unpaired) electrons. The van der Waals surface area contributed by atoms with Crippen LogP contribution in [0.3, 0.4) is 0 Å². The minimum Gasteiger partial charge on any atom is -0.497 e. The molecule has 3 N–H and O–H groups in total. The maximum absolute atomic E-state index is 11.9. The first-order valence-electron chi connectivity index (χ1n) is 6.42. The Hall–Kier alpha value is -2.49. The first-order chi connectivity index (χ1) is 9.69. The largest absolute Gasteiger partial charge is 0.497 e. The second-order valence-electron chi connectivity index (χ2n) is 4.50. The van der Waals surface area contributed by atoms with Crippen molar-refractivity contribution in [1.29, 1.82) is 0 Å². The van der Waals surface area contributed by atoms with Gasteiger partial charge in [-0.1, -0.05) is 30.3 Å². The highest BCUT2D eigenvalue weighted by atomic mass is 16.5. The van der Waals surface area contributed by atoms with Crippen LogP contribution in [0.4, 0.5) is 5.69 Å². The molecule has 2 aromatic carbocycles. The van der Waals surface area contributed by atoms with Gasteiger partial charge < -0.3 is 15.8 Å². The van der Waals surface area contributed by atoms with Gasteiger partial charge in [-0.3, -0.25) is 4.79 Å². The quantitative estimate of drug-likeness (QED) is 0.818. The lowest BCUT2D eigenvalue weighted by Crippen LogP contribution is -2.24. The molecule has 0 aromatic heterocycles. The molecule has 0 atom stereocenters. The number of nitrogens with one attached hydrogen (secondary N) is 1. The number of nitrogen functional groups attached to an aromatic ring is 1. The third-order valence-electron chi connectivity index (χ3n) is 3.05. The number of nitrogens with two attached hydrogens (primary N) is 1. The van der Waals surface area contributed by atoms with Crippen molar-refractivity contribution < 1.29 is 9.53 Å². The van der Waals surface area contributed by atoms with E-state index < -0.39 is 0 Å². The zero-order valence-electron chi connectivity index (χ0n) is 11.4. The zero-order chi connectivity index (χ0) is 14.4. The number of ether oxygens (including phenoxy) is 1. The van der Waals surface area contributed by atoms with E-state index in [1.807, 2.05) is 42.5 Å². The fourth-order valence-electron chi connectivity index (χ4n) is 1.87. The average molecular weight is 270 g/mol. The van der Waals surface area contributed by atoms with E-state index in [9.17, 15) is 4.79 Å². The Labute approximate surface area is 118 Å². The Balaban J connectivity index is 1.87. The van der Waals surface area contributed by atoms with Crippen molar-refractivity contribution >= 4 is 11.6 Å². The summed E-state index contributed by atoms with van der Waals surface area (Å²) in [6.45, 7) is 0.496. The monoisotopic (exact) mass is 270 g/mol. The normalized spacial score (nSPS) is 10.1. The number of anilines is 1. The third-order valence-corrected chi connectivity index (χ3v) is 3.05. The molecule has 2 rings (SSSR count). The molecule has 20 heavy (non-hydrogen) atoms. The lowest BCUT2D eigenvalue weighted by molar-refractivity contribution is -0.120. The van der Waals surface area contributed by atoms with E-state index in [1.54, 1.807) is 13.2 Å². The van der Waals surface area contributed by atoms with Crippen molar-refractivity contribution in [3.05, 3.63) is 59.7 Å². The molecule has 1 amide bonds. The Bertz CT molecular complexity index is 579. The number of rotatable bonds is 5. The highest BCUT2D eigenvalue weighted by molar-refractivity contribution is 5.80. The van der Waals surface area contributed by atoms with Crippen LogP contribution in [0.15, 0.2) is 48.5 Å². The minimum absolute atomic E-state index is 0.0429. The number of benzene rings is 2. The van der Waals surface area contributed by atoms with Gasteiger partial charge in [-0.15, -0.1) is 0 Å². The van der Waals surface area contributed by atoms with E-state index >= 15 is 0 Å². The van der Waals surface area contributed by atoms with E-state index in [0.717, 1.165) is 16.9 Å². The van der Waals surface area contributed by atoms with Gasteiger partial charge in [-0.2, -0.15) is 0 Å². The van der Waals surface area contributed by atoms with Crippen molar-refractivity contribution in [3.8, 4) is 5.75 Å². The highest BCUT2D eigenvalue weighted by Gasteiger charge is 2.05. The molecule has 0 unspecified atom stereocenters. The molecule has 0 bridgehead atoms. The van der Waals surface area contributed by atoms with Crippen LogP contribution in [0.25, 0.3) is 0 Å². The molecule has 2 aromatic rings. The van der Waals surface area contributed by atoms with Crippen molar-refractivity contribution in [2.45, 2.75) is 13.0 Å². The van der Waals surface area contributed by atoms with Crippen LogP contribution >= 0.6 is 0 Å². The van der Waals surface area contributed by atoms with E-state index in [0.29, 0.717) is 18.7 Å². The smallest absolute Gasteiger partial charge is 0.224 e. The summed E-state index contributed by atoms with van der Waals surface area (Å²) in [6.07, 6.45) is 0.294. The maximum atomic E-state index is 11.9. The van der Waals surface area contributed by atoms with E-state index in [1.165, 1.54) is 0 Å². The fourth-order valence-corrected chi connectivity index (χ4v) is 1.87. The molecular weight excluding hydrogens is 252 g/mol. The van der Waals surface area contributed by atoms with Crippen LogP contribution in [-0.2, 0) is 17.8 Å². The van der Waals surface area contributed by atoms with Crippen molar-refractivity contribution in [2.75, 3.05) is 12.8 Å². The lowest BCUT2D eigenvalue weighted by Gasteiger charge is -2.08. The first kappa shape index (κ1) is 13.9. The maximum Gasteiger partial charge on any atom is 0.224 e. The van der Waals surface area contributed by atoms with Crippen molar-refractivity contribution in [1.82, 2.24) is 5.32 Å². The van der Waals surface area contributed by atoms with Crippen LogP contribution in [0.1, 0.15) is 11.1 Å². The second kappa shape index (κ2) is 6.61. The standard InChI is InChI=1S/C16H18N2O2/c1-20-14-8-6-12(7-9-14)11-18-16(19)10-13-4-2-3-5-15(13)17/h2-9H,10-11,17H2,1H3,(H,18,19). The summed E-state index contributed by atoms with van der Waals surface area (Å²) in [5.74, 6) is 0.760. The van der Waals surface area contributed by atoms with E-state index in [4.69, 9.17) is 10.5 Å². The van der Waals surface area contributed by atoms with Gasteiger partial charge in [0.2, 0.25) is 5.91 Å². The lowest BCUT2D eigenvalue weighted by atomic mass is 10.1. The third kappa shape index (κ3) is 3.75. The molecule has 104 valence electrons. The molecular formula is C16H18N2O2. The Morgan fingerprint density at radius 2 is 1.85 bits per heavy atom. The second-order valence-corrected chi connectivity index (χ2v) is 4.50. The number of carbonyl (C=O) groups is 1. The van der Waals surface area contributed by atoms with Crippen LogP contribution in [-0.4, -0.2) is 13.0 Å². The van der Waals surface area contributed by atoms with Gasteiger partial charge in [0.05, 0.1) is 13.5 Å². The zero-order valence-corrected chi connectivity index (χ0v) is 11.4. The van der Waals surface area contributed by atoms with E-state index in [2.05, 4.69) is 5.32 Å². The Morgan fingerprint density at radius 3 is 2.50 bits per heavy atom. The van der Waals surface area contributed by atoms with Gasteiger partial charge >= 0.3 is 0 Å².